The lowest BCUT2D eigenvalue weighted by atomic mass is 10.1. The number of likely N-dealkylation sites (N-methyl/N-ethyl adjacent to an activating group) is 1. The average molecular weight is 409 g/mol. The van der Waals surface area contributed by atoms with E-state index in [2.05, 4.69) is 21.2 Å². The molecule has 29 heavy (non-hydrogen) atoms. The number of hydrogen-bond acceptors (Lipinski definition) is 4. The van der Waals surface area contributed by atoms with Crippen molar-refractivity contribution in [2.75, 3.05) is 13.6 Å². The average Bonchev–Trinajstić information content (AvgIpc) is 3.31. The number of nitrogens with one attached hydrogen (secondary N) is 1. The van der Waals surface area contributed by atoms with Crippen LogP contribution in [0.5, 0.6) is 0 Å². The molecule has 4 rings (SSSR count). The van der Waals surface area contributed by atoms with Crippen LogP contribution in [-0.4, -0.2) is 39.5 Å². The van der Waals surface area contributed by atoms with Crippen LogP contribution in [0.2, 0.25) is 5.02 Å². The first-order valence-corrected chi connectivity index (χ1v) is 9.72. The molecule has 7 heteroatoms. The Hall–Kier alpha value is -3.12. The first-order valence-electron chi connectivity index (χ1n) is 9.34. The van der Waals surface area contributed by atoms with E-state index in [4.69, 9.17) is 16.1 Å². The molecule has 0 bridgehead atoms. The van der Waals surface area contributed by atoms with Gasteiger partial charge in [0, 0.05) is 41.5 Å². The summed E-state index contributed by atoms with van der Waals surface area (Å²) in [6, 6.07) is 13.4. The summed E-state index contributed by atoms with van der Waals surface area (Å²) in [7, 11) is 1.78. The van der Waals surface area contributed by atoms with Crippen molar-refractivity contribution < 1.29 is 9.32 Å². The van der Waals surface area contributed by atoms with Crippen LogP contribution in [0.1, 0.15) is 27.3 Å². The molecule has 0 aliphatic carbocycles. The second kappa shape index (κ2) is 7.72. The van der Waals surface area contributed by atoms with E-state index in [1.165, 1.54) is 0 Å². The highest BCUT2D eigenvalue weighted by atomic mass is 35.5. The van der Waals surface area contributed by atoms with Gasteiger partial charge in [0.2, 0.25) is 0 Å². The molecule has 148 valence electrons. The van der Waals surface area contributed by atoms with E-state index in [0.29, 0.717) is 35.3 Å². The van der Waals surface area contributed by atoms with Crippen LogP contribution in [0, 0.1) is 13.8 Å². The van der Waals surface area contributed by atoms with Gasteiger partial charge < -0.3 is 14.4 Å². The van der Waals surface area contributed by atoms with Crippen molar-refractivity contribution in [3.05, 3.63) is 70.0 Å². The molecule has 0 fully saturated rings. The molecular formula is C22H21ClN4O2. The van der Waals surface area contributed by atoms with Gasteiger partial charge in [-0.2, -0.15) is 4.98 Å². The van der Waals surface area contributed by atoms with Crippen molar-refractivity contribution in [2.45, 2.75) is 20.3 Å². The number of hydrogen-bond donors (Lipinski definition) is 1. The molecule has 4 aromatic rings. The third-order valence-corrected chi connectivity index (χ3v) is 5.00. The number of nitrogens with zero attached hydrogens (tertiary/aromatic N) is 3. The SMILES string of the molecule is Cc1cc(C)cc(C(=O)N(C)CCc2noc(-c3cc4cc(Cl)ccc4[nH]3)n2)c1. The number of amides is 1. The topological polar surface area (TPSA) is 75.0 Å². The van der Waals surface area contributed by atoms with Gasteiger partial charge in [-0.3, -0.25) is 4.79 Å². The van der Waals surface area contributed by atoms with Gasteiger partial charge in [0.05, 0.1) is 0 Å². The standard InChI is InChI=1S/C22H21ClN4O2/c1-13-8-14(2)10-16(9-13)22(28)27(3)7-6-20-25-21(29-26-20)19-12-15-11-17(23)4-5-18(15)24-19/h4-5,8-12,24H,6-7H2,1-3H3. The molecule has 0 atom stereocenters. The molecule has 6 nitrogen and oxygen atoms in total. The van der Waals surface area contributed by atoms with E-state index in [-0.39, 0.29) is 5.91 Å². The highest BCUT2D eigenvalue weighted by Crippen LogP contribution is 2.25. The second-order valence-electron chi connectivity index (χ2n) is 7.28. The molecule has 0 spiro atoms. The number of halogens is 1. The fourth-order valence-corrected chi connectivity index (χ4v) is 3.55. The summed E-state index contributed by atoms with van der Waals surface area (Å²) in [6.45, 7) is 4.47. The molecule has 1 amide bonds. The number of benzene rings is 2. The van der Waals surface area contributed by atoms with E-state index >= 15 is 0 Å². The lowest BCUT2D eigenvalue weighted by Gasteiger charge is -2.17. The minimum absolute atomic E-state index is 0.0204. The molecule has 2 aromatic heterocycles. The maximum Gasteiger partial charge on any atom is 0.274 e. The zero-order chi connectivity index (χ0) is 20.5. The second-order valence-corrected chi connectivity index (χ2v) is 7.72. The Labute approximate surface area is 173 Å². The smallest absolute Gasteiger partial charge is 0.274 e. The summed E-state index contributed by atoms with van der Waals surface area (Å²) in [6.07, 6.45) is 0.503. The predicted molar refractivity (Wildman–Crippen MR) is 113 cm³/mol. The first kappa shape index (κ1) is 19.2. The summed E-state index contributed by atoms with van der Waals surface area (Å²) in [5.74, 6) is 0.945. The van der Waals surface area contributed by atoms with Gasteiger partial charge in [0.25, 0.3) is 11.8 Å². The lowest BCUT2D eigenvalue weighted by molar-refractivity contribution is 0.0795. The predicted octanol–water partition coefficient (Wildman–Crippen LogP) is 4.80. The number of aromatic nitrogens is 3. The fraction of sp³-hybridized carbons (Fsp3) is 0.227. The number of aromatic amines is 1. The third-order valence-electron chi connectivity index (χ3n) is 4.77. The van der Waals surface area contributed by atoms with E-state index < -0.39 is 0 Å². The Kier molecular flexibility index (Phi) is 5.11. The molecule has 0 unspecified atom stereocenters. The van der Waals surface area contributed by atoms with E-state index in [9.17, 15) is 4.79 Å². The normalized spacial score (nSPS) is 11.2. The molecule has 0 saturated carbocycles. The monoisotopic (exact) mass is 408 g/mol. The highest BCUT2D eigenvalue weighted by molar-refractivity contribution is 6.31. The van der Waals surface area contributed by atoms with E-state index in [0.717, 1.165) is 27.7 Å². The molecule has 0 saturated heterocycles. The van der Waals surface area contributed by atoms with Crippen molar-refractivity contribution in [2.24, 2.45) is 0 Å². The number of rotatable bonds is 5. The van der Waals surface area contributed by atoms with Crippen molar-refractivity contribution in [1.82, 2.24) is 20.0 Å². The van der Waals surface area contributed by atoms with Crippen molar-refractivity contribution in [3.8, 4) is 11.6 Å². The van der Waals surface area contributed by atoms with Gasteiger partial charge in [-0.25, -0.2) is 0 Å². The molecule has 0 radical (unpaired) electrons. The summed E-state index contributed by atoms with van der Waals surface area (Å²) >= 11 is 6.04. The molecule has 0 aliphatic heterocycles. The van der Waals surface area contributed by atoms with Crippen LogP contribution in [0.15, 0.2) is 47.0 Å². The number of carbonyl (C=O) groups is 1. The molecule has 1 N–H and O–H groups in total. The first-order chi connectivity index (χ1) is 13.9. The van der Waals surface area contributed by atoms with Crippen LogP contribution in [0.4, 0.5) is 0 Å². The summed E-state index contributed by atoms with van der Waals surface area (Å²) in [5, 5.41) is 5.69. The van der Waals surface area contributed by atoms with Gasteiger partial charge in [-0.15, -0.1) is 0 Å². The Morgan fingerprint density at radius 1 is 1.14 bits per heavy atom. The quantitative estimate of drug-likeness (QED) is 0.514. The van der Waals surface area contributed by atoms with Crippen LogP contribution in [-0.2, 0) is 6.42 Å². The molecular weight excluding hydrogens is 388 g/mol. The number of H-pyrrole nitrogens is 1. The minimum atomic E-state index is -0.0204. The fourth-order valence-electron chi connectivity index (χ4n) is 3.37. The Balaban J connectivity index is 1.44. The van der Waals surface area contributed by atoms with Gasteiger partial charge in [-0.05, 0) is 50.2 Å². The molecule has 2 aromatic carbocycles. The Morgan fingerprint density at radius 3 is 2.66 bits per heavy atom. The van der Waals surface area contributed by atoms with Crippen molar-refractivity contribution >= 4 is 28.4 Å². The lowest BCUT2D eigenvalue weighted by Crippen LogP contribution is -2.29. The molecule has 2 heterocycles. The number of fused-ring (bicyclic) bond motifs is 1. The minimum Gasteiger partial charge on any atom is -0.351 e. The van der Waals surface area contributed by atoms with Gasteiger partial charge in [0.15, 0.2) is 5.82 Å². The largest absolute Gasteiger partial charge is 0.351 e. The summed E-state index contributed by atoms with van der Waals surface area (Å²) in [5.41, 5.74) is 4.52. The van der Waals surface area contributed by atoms with Crippen LogP contribution in [0.3, 0.4) is 0 Å². The zero-order valence-corrected chi connectivity index (χ0v) is 17.2. The number of carbonyl (C=O) groups excluding carboxylic acids is 1. The van der Waals surface area contributed by atoms with Crippen molar-refractivity contribution in [3.63, 3.8) is 0 Å². The maximum atomic E-state index is 12.7. The Bertz CT molecular complexity index is 1170. The number of aryl methyl sites for hydroxylation is 2. The van der Waals surface area contributed by atoms with Crippen LogP contribution >= 0.6 is 11.6 Å². The van der Waals surface area contributed by atoms with Gasteiger partial charge in [0.1, 0.15) is 5.69 Å². The summed E-state index contributed by atoms with van der Waals surface area (Å²) in [4.78, 5) is 22.0. The van der Waals surface area contributed by atoms with E-state index in [1.807, 2.05) is 50.2 Å². The van der Waals surface area contributed by atoms with E-state index in [1.54, 1.807) is 11.9 Å². The molecule has 0 aliphatic rings. The zero-order valence-electron chi connectivity index (χ0n) is 16.5. The van der Waals surface area contributed by atoms with Crippen LogP contribution in [0.25, 0.3) is 22.5 Å². The van der Waals surface area contributed by atoms with Crippen LogP contribution < -0.4 is 0 Å². The maximum absolute atomic E-state index is 12.7. The summed E-state index contributed by atoms with van der Waals surface area (Å²) < 4.78 is 5.39. The van der Waals surface area contributed by atoms with Gasteiger partial charge >= 0.3 is 0 Å². The third kappa shape index (κ3) is 4.17. The van der Waals surface area contributed by atoms with Gasteiger partial charge in [-0.1, -0.05) is 34.0 Å². The van der Waals surface area contributed by atoms with Crippen molar-refractivity contribution in [1.29, 1.82) is 0 Å². The highest BCUT2D eigenvalue weighted by Gasteiger charge is 2.15. The Morgan fingerprint density at radius 2 is 1.90 bits per heavy atom.